The highest BCUT2D eigenvalue weighted by molar-refractivity contribution is 7.17. The summed E-state index contributed by atoms with van der Waals surface area (Å²) in [5, 5.41) is 11.6. The molecule has 0 aliphatic carbocycles. The Balaban J connectivity index is 1.91. The van der Waals surface area contributed by atoms with Crippen LogP contribution in [0.4, 0.5) is 5.13 Å². The van der Waals surface area contributed by atoms with E-state index >= 15 is 0 Å². The highest BCUT2D eigenvalue weighted by atomic mass is 32.1. The van der Waals surface area contributed by atoms with Crippen LogP contribution in [0.3, 0.4) is 0 Å². The number of esters is 1. The number of rotatable bonds is 12. The standard InChI is InChI=1S/C31H34N2O9S/c1-7-9-14-42-20-12-10-18(11-13-20)25(34)23-24(19-15-21(38-4)27(40-6)22(16-19)39-5)33(29(36)26(23)35)31-32-17(3)28(43-31)30(37)41-8-2/h10-13,15-16,24,34H,7-9,14H2,1-6H3/b25-23-. The Morgan fingerprint density at radius 2 is 1.67 bits per heavy atom. The molecule has 1 amide bonds. The van der Waals surface area contributed by atoms with Crippen LogP contribution in [-0.2, 0) is 14.3 Å². The summed E-state index contributed by atoms with van der Waals surface area (Å²) < 4.78 is 27.4. The van der Waals surface area contributed by atoms with E-state index in [0.717, 1.165) is 29.1 Å². The number of carbonyl (C=O) groups is 3. The number of hydrogen-bond acceptors (Lipinski definition) is 11. The van der Waals surface area contributed by atoms with E-state index in [1.165, 1.54) is 21.3 Å². The number of carbonyl (C=O) groups excluding carboxylic acids is 3. The number of aryl methyl sites for hydroxylation is 1. The predicted octanol–water partition coefficient (Wildman–Crippen LogP) is 5.46. The maximum Gasteiger partial charge on any atom is 0.350 e. The quantitative estimate of drug-likeness (QED) is 0.0926. The van der Waals surface area contributed by atoms with Gasteiger partial charge in [0, 0.05) is 5.56 Å². The molecule has 1 aliphatic heterocycles. The van der Waals surface area contributed by atoms with E-state index in [4.69, 9.17) is 23.7 Å². The maximum absolute atomic E-state index is 13.7. The SMILES string of the molecule is CCCCOc1ccc(/C(O)=C2/C(=O)C(=O)N(c3nc(C)c(C(=O)OCC)s3)C2c2cc(OC)c(OC)c(OC)c2)cc1. The molecule has 2 aromatic carbocycles. The molecule has 1 saturated heterocycles. The Bertz CT molecular complexity index is 1520. The van der Waals surface area contributed by atoms with Gasteiger partial charge in [-0.25, -0.2) is 9.78 Å². The fourth-order valence-electron chi connectivity index (χ4n) is 4.67. The lowest BCUT2D eigenvalue weighted by molar-refractivity contribution is -0.132. The molecule has 4 rings (SSSR count). The van der Waals surface area contributed by atoms with Gasteiger partial charge in [0.15, 0.2) is 16.6 Å². The van der Waals surface area contributed by atoms with Gasteiger partial charge in [0.25, 0.3) is 5.78 Å². The second-order valence-electron chi connectivity index (χ2n) is 9.49. The van der Waals surface area contributed by atoms with Crippen LogP contribution in [-0.4, -0.2) is 62.3 Å². The molecule has 43 heavy (non-hydrogen) atoms. The molecular weight excluding hydrogens is 576 g/mol. The molecule has 12 heteroatoms. The van der Waals surface area contributed by atoms with Crippen LogP contribution in [0, 0.1) is 6.92 Å². The Morgan fingerprint density at radius 3 is 2.23 bits per heavy atom. The molecule has 0 radical (unpaired) electrons. The fourth-order valence-corrected chi connectivity index (χ4v) is 5.66. The van der Waals surface area contributed by atoms with Crippen molar-refractivity contribution in [2.75, 3.05) is 39.4 Å². The molecule has 1 N–H and O–H groups in total. The predicted molar refractivity (Wildman–Crippen MR) is 161 cm³/mol. The van der Waals surface area contributed by atoms with Crippen molar-refractivity contribution in [1.82, 2.24) is 4.98 Å². The maximum atomic E-state index is 13.7. The van der Waals surface area contributed by atoms with Crippen LogP contribution < -0.4 is 23.8 Å². The first kappa shape index (κ1) is 31.4. The minimum atomic E-state index is -1.16. The number of ether oxygens (including phenoxy) is 5. The molecule has 1 aliphatic rings. The monoisotopic (exact) mass is 610 g/mol. The smallest absolute Gasteiger partial charge is 0.350 e. The third kappa shape index (κ3) is 6.14. The largest absolute Gasteiger partial charge is 0.507 e. The molecule has 11 nitrogen and oxygen atoms in total. The van der Waals surface area contributed by atoms with Gasteiger partial charge >= 0.3 is 11.9 Å². The number of Topliss-reactive ketones (excluding diaryl/α,β-unsaturated/α-hetero) is 1. The van der Waals surface area contributed by atoms with Crippen LogP contribution in [0.5, 0.6) is 23.0 Å². The molecule has 1 aromatic heterocycles. The zero-order valence-electron chi connectivity index (χ0n) is 24.9. The van der Waals surface area contributed by atoms with Crippen molar-refractivity contribution in [1.29, 1.82) is 0 Å². The first-order valence-corrected chi connectivity index (χ1v) is 14.5. The average Bonchev–Trinajstić information content (AvgIpc) is 3.52. The number of aliphatic hydroxyl groups excluding tert-OH is 1. The van der Waals surface area contributed by atoms with Gasteiger partial charge in [-0.05, 0) is 62.2 Å². The number of aliphatic hydroxyl groups is 1. The summed E-state index contributed by atoms with van der Waals surface area (Å²) in [6.07, 6.45) is 1.88. The Hall–Kier alpha value is -4.58. The van der Waals surface area contributed by atoms with Crippen molar-refractivity contribution < 1.29 is 43.2 Å². The number of aromatic nitrogens is 1. The van der Waals surface area contributed by atoms with E-state index in [-0.39, 0.29) is 33.7 Å². The highest BCUT2D eigenvalue weighted by Crippen LogP contribution is 2.48. The fraction of sp³-hybridized carbons (Fsp3) is 0.355. The first-order chi connectivity index (χ1) is 20.7. The summed E-state index contributed by atoms with van der Waals surface area (Å²) in [5.74, 6) is -1.37. The van der Waals surface area contributed by atoms with Crippen molar-refractivity contribution in [3.63, 3.8) is 0 Å². The van der Waals surface area contributed by atoms with Crippen LogP contribution in [0.1, 0.15) is 59.2 Å². The van der Waals surface area contributed by atoms with E-state index in [2.05, 4.69) is 11.9 Å². The van der Waals surface area contributed by atoms with E-state index < -0.39 is 29.5 Å². The highest BCUT2D eigenvalue weighted by Gasteiger charge is 2.49. The van der Waals surface area contributed by atoms with Crippen molar-refractivity contribution in [2.45, 2.75) is 39.7 Å². The van der Waals surface area contributed by atoms with E-state index in [0.29, 0.717) is 34.9 Å². The molecule has 0 saturated carbocycles. The Morgan fingerprint density at radius 1 is 1.02 bits per heavy atom. The van der Waals surface area contributed by atoms with Gasteiger partial charge in [0.1, 0.15) is 16.4 Å². The van der Waals surface area contributed by atoms with Gasteiger partial charge in [-0.2, -0.15) is 0 Å². The number of thiazole rings is 1. The molecule has 3 aromatic rings. The van der Waals surface area contributed by atoms with E-state index in [9.17, 15) is 19.5 Å². The summed E-state index contributed by atoms with van der Waals surface area (Å²) in [6, 6.07) is 8.63. The van der Waals surface area contributed by atoms with Gasteiger partial charge in [-0.1, -0.05) is 24.7 Å². The molecule has 1 unspecified atom stereocenters. The van der Waals surface area contributed by atoms with Gasteiger partial charge in [-0.3, -0.25) is 14.5 Å². The number of hydrogen-bond donors (Lipinski definition) is 1. The minimum absolute atomic E-state index is 0.0835. The van der Waals surface area contributed by atoms with Crippen molar-refractivity contribution in [2.24, 2.45) is 0 Å². The summed E-state index contributed by atoms with van der Waals surface area (Å²) in [5.41, 5.74) is 0.841. The zero-order valence-corrected chi connectivity index (χ0v) is 25.7. The lowest BCUT2D eigenvalue weighted by Gasteiger charge is -2.24. The second kappa shape index (κ2) is 13.6. The van der Waals surface area contributed by atoms with Gasteiger partial charge in [-0.15, -0.1) is 0 Å². The summed E-state index contributed by atoms with van der Waals surface area (Å²) in [7, 11) is 4.34. The van der Waals surface area contributed by atoms with Crippen molar-refractivity contribution >= 4 is 39.9 Å². The number of anilines is 1. The summed E-state index contributed by atoms with van der Waals surface area (Å²) >= 11 is 0.917. The number of ketones is 1. The van der Waals surface area contributed by atoms with Crippen LogP contribution in [0.2, 0.25) is 0 Å². The van der Waals surface area contributed by atoms with Gasteiger partial charge in [0.2, 0.25) is 5.75 Å². The van der Waals surface area contributed by atoms with Gasteiger partial charge in [0.05, 0.1) is 51.9 Å². The Kier molecular flexibility index (Phi) is 9.92. The molecule has 228 valence electrons. The Labute approximate surface area is 253 Å². The number of methoxy groups -OCH3 is 3. The minimum Gasteiger partial charge on any atom is -0.507 e. The first-order valence-electron chi connectivity index (χ1n) is 13.7. The lowest BCUT2D eigenvalue weighted by atomic mass is 9.94. The van der Waals surface area contributed by atoms with E-state index in [1.807, 2.05) is 0 Å². The average molecular weight is 611 g/mol. The van der Waals surface area contributed by atoms with Crippen molar-refractivity contribution in [3.05, 3.63) is 63.7 Å². The number of benzene rings is 2. The third-order valence-electron chi connectivity index (χ3n) is 6.79. The van der Waals surface area contributed by atoms with Crippen molar-refractivity contribution in [3.8, 4) is 23.0 Å². The lowest BCUT2D eigenvalue weighted by Crippen LogP contribution is -2.29. The normalized spacial score (nSPS) is 15.9. The number of nitrogens with zero attached hydrogens (tertiary/aromatic N) is 2. The topological polar surface area (TPSA) is 134 Å². The number of unbranched alkanes of at least 4 members (excludes halogenated alkanes) is 1. The van der Waals surface area contributed by atoms with Crippen LogP contribution in [0.15, 0.2) is 42.0 Å². The summed E-state index contributed by atoms with van der Waals surface area (Å²) in [4.78, 5) is 45.7. The summed E-state index contributed by atoms with van der Waals surface area (Å²) in [6.45, 7) is 6.07. The van der Waals surface area contributed by atoms with Crippen LogP contribution in [0.25, 0.3) is 5.76 Å². The molecule has 0 spiro atoms. The zero-order chi connectivity index (χ0) is 31.3. The van der Waals surface area contributed by atoms with Crippen LogP contribution >= 0.6 is 11.3 Å². The van der Waals surface area contributed by atoms with E-state index in [1.54, 1.807) is 50.2 Å². The van der Waals surface area contributed by atoms with Gasteiger partial charge < -0.3 is 28.8 Å². The molecule has 1 atom stereocenters. The second-order valence-corrected chi connectivity index (χ2v) is 10.5. The molecular formula is C31H34N2O9S. The molecule has 2 heterocycles. The third-order valence-corrected chi connectivity index (χ3v) is 7.93. The molecule has 1 fully saturated rings. The number of amides is 1. The molecule has 0 bridgehead atoms.